The minimum Gasteiger partial charge on any atom is -0.369 e. The van der Waals surface area contributed by atoms with E-state index < -0.39 is 0 Å². The van der Waals surface area contributed by atoms with Gasteiger partial charge in [-0.3, -0.25) is 4.68 Å². The summed E-state index contributed by atoms with van der Waals surface area (Å²) < 4.78 is 1.72. The molecule has 1 N–H and O–H groups in total. The highest BCUT2D eigenvalue weighted by Gasteiger charge is 2.04. The molecule has 0 saturated carbocycles. The highest BCUT2D eigenvalue weighted by Crippen LogP contribution is 2.19. The van der Waals surface area contributed by atoms with E-state index in [1.54, 1.807) is 11.0 Å². The van der Waals surface area contributed by atoms with Crippen molar-refractivity contribution in [1.29, 1.82) is 0 Å². The Bertz CT molecular complexity index is 732. The number of para-hydroxylation sites is 1. The van der Waals surface area contributed by atoms with Crippen LogP contribution in [0.5, 0.6) is 0 Å². The number of benzene rings is 1. The Morgan fingerprint density at radius 1 is 1.25 bits per heavy atom. The number of nitrogens with one attached hydrogen (secondary N) is 1. The third-order valence-corrected chi connectivity index (χ3v) is 3.20. The molecule has 1 aromatic carbocycles. The van der Waals surface area contributed by atoms with Crippen LogP contribution in [-0.2, 0) is 13.5 Å². The fourth-order valence-corrected chi connectivity index (χ4v) is 2.19. The number of hydrogen-bond donors (Lipinski definition) is 1. The van der Waals surface area contributed by atoms with E-state index in [-0.39, 0.29) is 0 Å². The number of nitrogens with zero attached hydrogens (tertiary/aromatic N) is 4. The molecule has 0 saturated heterocycles. The number of hydrogen-bond acceptors (Lipinski definition) is 4. The van der Waals surface area contributed by atoms with Crippen molar-refractivity contribution in [2.45, 2.75) is 13.3 Å². The zero-order valence-corrected chi connectivity index (χ0v) is 11.7. The molecule has 2 aromatic heterocycles. The molecule has 20 heavy (non-hydrogen) atoms. The van der Waals surface area contributed by atoms with Crippen LogP contribution in [0.2, 0.25) is 0 Å². The number of aryl methyl sites for hydroxylation is 2. The van der Waals surface area contributed by atoms with Crippen molar-refractivity contribution in [2.75, 3.05) is 11.9 Å². The van der Waals surface area contributed by atoms with E-state index in [1.807, 2.05) is 25.2 Å². The minimum absolute atomic E-state index is 0.774. The molecule has 2 heterocycles. The Labute approximate surface area is 117 Å². The van der Waals surface area contributed by atoms with Gasteiger partial charge in [0.1, 0.15) is 12.1 Å². The molecule has 0 aliphatic heterocycles. The van der Waals surface area contributed by atoms with Crippen LogP contribution in [0.4, 0.5) is 5.82 Å². The van der Waals surface area contributed by atoms with Crippen LogP contribution >= 0.6 is 0 Å². The van der Waals surface area contributed by atoms with Gasteiger partial charge in [0.15, 0.2) is 5.82 Å². The first kappa shape index (κ1) is 12.6. The number of rotatable bonds is 4. The predicted octanol–water partition coefficient (Wildman–Crippen LogP) is 2.33. The molecule has 0 fully saturated rings. The zero-order chi connectivity index (χ0) is 13.9. The lowest BCUT2D eigenvalue weighted by atomic mass is 10.1. The number of fused-ring (bicyclic) bond motifs is 1. The van der Waals surface area contributed by atoms with Crippen LogP contribution in [-0.4, -0.2) is 26.3 Å². The molecule has 0 spiro atoms. The smallest absolute Gasteiger partial charge is 0.152 e. The fraction of sp³-hybridized carbons (Fsp3) is 0.267. The minimum atomic E-state index is 0.774. The van der Waals surface area contributed by atoms with E-state index >= 15 is 0 Å². The van der Waals surface area contributed by atoms with Gasteiger partial charge in [0.25, 0.3) is 0 Å². The SMILES string of the molecule is Cc1cc2ccccc2nc1NCCc1ncn(C)n1. The van der Waals surface area contributed by atoms with Gasteiger partial charge in [-0.05, 0) is 24.6 Å². The molecule has 0 amide bonds. The molecular weight excluding hydrogens is 250 g/mol. The monoisotopic (exact) mass is 267 g/mol. The van der Waals surface area contributed by atoms with Gasteiger partial charge in [0, 0.05) is 25.4 Å². The molecule has 3 aromatic rings. The lowest BCUT2D eigenvalue weighted by Crippen LogP contribution is -2.09. The largest absolute Gasteiger partial charge is 0.369 e. The van der Waals surface area contributed by atoms with E-state index in [0.717, 1.165) is 35.7 Å². The van der Waals surface area contributed by atoms with Gasteiger partial charge < -0.3 is 5.32 Å². The molecule has 0 radical (unpaired) electrons. The van der Waals surface area contributed by atoms with Gasteiger partial charge in [-0.1, -0.05) is 18.2 Å². The summed E-state index contributed by atoms with van der Waals surface area (Å²) >= 11 is 0. The molecule has 3 rings (SSSR count). The van der Waals surface area contributed by atoms with Crippen molar-refractivity contribution in [1.82, 2.24) is 19.7 Å². The highest BCUT2D eigenvalue weighted by molar-refractivity contribution is 5.81. The lowest BCUT2D eigenvalue weighted by Gasteiger charge is -2.09. The van der Waals surface area contributed by atoms with Gasteiger partial charge in [-0.25, -0.2) is 9.97 Å². The molecule has 0 bridgehead atoms. The molecule has 0 aliphatic rings. The predicted molar refractivity (Wildman–Crippen MR) is 79.7 cm³/mol. The van der Waals surface area contributed by atoms with Crippen LogP contribution in [0, 0.1) is 6.92 Å². The van der Waals surface area contributed by atoms with E-state index in [1.165, 1.54) is 5.39 Å². The molecule has 102 valence electrons. The van der Waals surface area contributed by atoms with Gasteiger partial charge in [0.05, 0.1) is 5.52 Å². The second-order valence-corrected chi connectivity index (χ2v) is 4.86. The quantitative estimate of drug-likeness (QED) is 0.788. The normalized spacial score (nSPS) is 10.9. The summed E-state index contributed by atoms with van der Waals surface area (Å²) in [6, 6.07) is 10.3. The van der Waals surface area contributed by atoms with Gasteiger partial charge in [-0.15, -0.1) is 0 Å². The topological polar surface area (TPSA) is 55.6 Å². The maximum Gasteiger partial charge on any atom is 0.152 e. The second-order valence-electron chi connectivity index (χ2n) is 4.86. The van der Waals surface area contributed by atoms with Gasteiger partial charge in [0.2, 0.25) is 0 Å². The summed E-state index contributed by atoms with van der Waals surface area (Å²) in [4.78, 5) is 8.86. The number of anilines is 1. The number of aromatic nitrogens is 4. The summed E-state index contributed by atoms with van der Waals surface area (Å²) in [5.41, 5.74) is 2.16. The standard InChI is InChI=1S/C15H17N5/c1-11-9-12-5-3-4-6-13(12)18-15(11)16-8-7-14-17-10-20(2)19-14/h3-6,9-10H,7-8H2,1-2H3,(H,16,18). The summed E-state index contributed by atoms with van der Waals surface area (Å²) in [6.45, 7) is 2.84. The van der Waals surface area contributed by atoms with E-state index in [9.17, 15) is 0 Å². The Hall–Kier alpha value is -2.43. The summed E-state index contributed by atoms with van der Waals surface area (Å²) in [7, 11) is 1.87. The summed E-state index contributed by atoms with van der Waals surface area (Å²) in [5.74, 6) is 1.78. The molecule has 0 unspecified atom stereocenters. The first-order chi connectivity index (χ1) is 9.72. The van der Waals surface area contributed by atoms with Gasteiger partial charge in [-0.2, -0.15) is 5.10 Å². The lowest BCUT2D eigenvalue weighted by molar-refractivity contribution is 0.741. The molecule has 5 nitrogen and oxygen atoms in total. The van der Waals surface area contributed by atoms with Crippen molar-refractivity contribution < 1.29 is 0 Å². The third-order valence-electron chi connectivity index (χ3n) is 3.20. The van der Waals surface area contributed by atoms with E-state index in [2.05, 4.69) is 39.4 Å². The van der Waals surface area contributed by atoms with Crippen molar-refractivity contribution in [2.24, 2.45) is 7.05 Å². The van der Waals surface area contributed by atoms with Crippen molar-refractivity contribution in [3.05, 3.63) is 48.0 Å². The fourth-order valence-electron chi connectivity index (χ4n) is 2.19. The zero-order valence-electron chi connectivity index (χ0n) is 11.7. The first-order valence-corrected chi connectivity index (χ1v) is 6.67. The maximum absolute atomic E-state index is 4.65. The maximum atomic E-state index is 4.65. The van der Waals surface area contributed by atoms with Crippen LogP contribution in [0.15, 0.2) is 36.7 Å². The summed E-state index contributed by atoms with van der Waals surface area (Å²) in [6.07, 6.45) is 2.50. The second kappa shape index (κ2) is 5.28. The van der Waals surface area contributed by atoms with Crippen LogP contribution in [0.1, 0.15) is 11.4 Å². The molecule has 0 atom stereocenters. The number of pyridine rings is 1. The molecule has 0 aliphatic carbocycles. The average molecular weight is 267 g/mol. The Balaban J connectivity index is 1.72. The average Bonchev–Trinajstić information content (AvgIpc) is 2.85. The van der Waals surface area contributed by atoms with Crippen molar-refractivity contribution >= 4 is 16.7 Å². The van der Waals surface area contributed by atoms with Crippen molar-refractivity contribution in [3.8, 4) is 0 Å². The Kier molecular flexibility index (Phi) is 3.33. The molecular formula is C15H17N5. The van der Waals surface area contributed by atoms with Crippen molar-refractivity contribution in [3.63, 3.8) is 0 Å². The van der Waals surface area contributed by atoms with E-state index in [4.69, 9.17) is 0 Å². The van der Waals surface area contributed by atoms with Crippen LogP contribution < -0.4 is 5.32 Å². The third kappa shape index (κ3) is 2.61. The Morgan fingerprint density at radius 2 is 2.10 bits per heavy atom. The first-order valence-electron chi connectivity index (χ1n) is 6.67. The Morgan fingerprint density at radius 3 is 2.90 bits per heavy atom. The van der Waals surface area contributed by atoms with Crippen LogP contribution in [0.25, 0.3) is 10.9 Å². The van der Waals surface area contributed by atoms with E-state index in [0.29, 0.717) is 0 Å². The summed E-state index contributed by atoms with van der Waals surface area (Å²) in [5, 5.41) is 8.79. The van der Waals surface area contributed by atoms with Gasteiger partial charge >= 0.3 is 0 Å². The highest BCUT2D eigenvalue weighted by atomic mass is 15.3. The molecule has 5 heteroatoms. The van der Waals surface area contributed by atoms with Crippen LogP contribution in [0.3, 0.4) is 0 Å².